The molecule has 0 heterocycles. The Bertz CT molecular complexity index is 1110. The molecule has 0 aliphatic rings. The quantitative estimate of drug-likeness (QED) is 0.414. The maximum atomic E-state index is 12.2. The van der Waals surface area contributed by atoms with Crippen molar-refractivity contribution in [3.05, 3.63) is 83.9 Å². The van der Waals surface area contributed by atoms with Gasteiger partial charge in [-0.2, -0.15) is 0 Å². The summed E-state index contributed by atoms with van der Waals surface area (Å²) >= 11 is 0. The first kappa shape index (κ1) is 21.8. The Morgan fingerprint density at radius 1 is 0.871 bits per heavy atom. The summed E-state index contributed by atoms with van der Waals surface area (Å²) in [5.74, 6) is -0.702. The van der Waals surface area contributed by atoms with Gasteiger partial charge in [0.15, 0.2) is 0 Å². The van der Waals surface area contributed by atoms with Gasteiger partial charge in [0.05, 0.1) is 0 Å². The molecule has 0 saturated heterocycles. The molecular weight excluding hydrogens is 390 g/mol. The van der Waals surface area contributed by atoms with Gasteiger partial charge >= 0.3 is 0 Å². The maximum absolute atomic E-state index is 12.2. The van der Waals surface area contributed by atoms with Crippen molar-refractivity contribution in [3.8, 4) is 0 Å². The van der Waals surface area contributed by atoms with Crippen LogP contribution in [0.1, 0.15) is 36.2 Å². The van der Waals surface area contributed by atoms with E-state index in [1.807, 2.05) is 56.3 Å². The first-order valence-electron chi connectivity index (χ1n) is 10.1. The van der Waals surface area contributed by atoms with Gasteiger partial charge in [0.1, 0.15) is 0 Å². The summed E-state index contributed by atoms with van der Waals surface area (Å²) in [7, 11) is 0. The highest BCUT2D eigenvalue weighted by molar-refractivity contribution is 6.00. The molecule has 6 heteroatoms. The van der Waals surface area contributed by atoms with Crippen molar-refractivity contribution in [1.29, 1.82) is 0 Å². The van der Waals surface area contributed by atoms with Crippen molar-refractivity contribution in [3.63, 3.8) is 0 Å². The summed E-state index contributed by atoms with van der Waals surface area (Å²) in [6.07, 6.45) is 3.51. The number of carbonyl (C=O) groups is 3. The van der Waals surface area contributed by atoms with Gasteiger partial charge in [0, 0.05) is 23.7 Å². The monoisotopic (exact) mass is 415 g/mol. The van der Waals surface area contributed by atoms with E-state index in [9.17, 15) is 14.4 Å². The molecule has 0 aliphatic carbocycles. The first-order valence-corrected chi connectivity index (χ1v) is 10.1. The molecule has 0 spiro atoms. The number of nitrogens with one attached hydrogen (secondary N) is 3. The molecule has 3 aromatic carbocycles. The van der Waals surface area contributed by atoms with Crippen LogP contribution in [0.3, 0.4) is 0 Å². The summed E-state index contributed by atoms with van der Waals surface area (Å²) in [6, 6.07) is 20.2. The van der Waals surface area contributed by atoms with Crippen LogP contribution in [-0.2, 0) is 9.59 Å². The zero-order valence-electron chi connectivity index (χ0n) is 17.5. The van der Waals surface area contributed by atoms with Crippen LogP contribution >= 0.6 is 0 Å². The Morgan fingerprint density at radius 2 is 1.58 bits per heavy atom. The van der Waals surface area contributed by atoms with Crippen molar-refractivity contribution in [2.24, 2.45) is 5.92 Å². The highest BCUT2D eigenvalue weighted by Crippen LogP contribution is 2.19. The third kappa shape index (κ3) is 6.27. The van der Waals surface area contributed by atoms with E-state index in [1.54, 1.807) is 30.3 Å². The number of hydrogen-bond donors (Lipinski definition) is 3. The lowest BCUT2D eigenvalue weighted by Gasteiger charge is -2.09. The molecule has 0 aromatic heterocycles. The molecule has 0 saturated carbocycles. The fourth-order valence-corrected chi connectivity index (χ4v) is 3.08. The molecule has 0 unspecified atom stereocenters. The molecule has 0 bridgehead atoms. The Morgan fingerprint density at radius 3 is 2.32 bits per heavy atom. The lowest BCUT2D eigenvalue weighted by molar-refractivity contribution is -0.117. The SMILES string of the molecule is CC(C)CC(=O)Nc1ccc(C(=O)NNC(=O)C=Cc2cccc3ccccc23)cc1. The molecule has 0 radical (unpaired) electrons. The minimum Gasteiger partial charge on any atom is -0.326 e. The standard InChI is InChI=1S/C25H25N3O3/c1-17(2)16-24(30)26-21-13-10-20(11-14-21)25(31)28-27-23(29)15-12-19-8-5-7-18-6-3-4-9-22(18)19/h3-15,17H,16H2,1-2H3,(H,26,30)(H,27,29)(H,28,31). The largest absolute Gasteiger partial charge is 0.326 e. The van der Waals surface area contributed by atoms with E-state index in [1.165, 1.54) is 6.08 Å². The lowest BCUT2D eigenvalue weighted by Crippen LogP contribution is -2.40. The van der Waals surface area contributed by atoms with Gasteiger partial charge in [-0.3, -0.25) is 25.2 Å². The fourth-order valence-electron chi connectivity index (χ4n) is 3.08. The van der Waals surface area contributed by atoms with Gasteiger partial charge in [0.2, 0.25) is 5.91 Å². The molecule has 0 atom stereocenters. The maximum Gasteiger partial charge on any atom is 0.269 e. The smallest absolute Gasteiger partial charge is 0.269 e. The molecule has 3 amide bonds. The van der Waals surface area contributed by atoms with Crippen LogP contribution in [0.25, 0.3) is 16.8 Å². The second-order valence-corrected chi connectivity index (χ2v) is 7.57. The third-order valence-corrected chi connectivity index (χ3v) is 4.56. The normalized spacial score (nSPS) is 10.9. The van der Waals surface area contributed by atoms with Gasteiger partial charge in [-0.1, -0.05) is 56.3 Å². The predicted octanol–water partition coefficient (Wildman–Crippen LogP) is 4.30. The van der Waals surface area contributed by atoms with Crippen molar-refractivity contribution >= 4 is 40.3 Å². The van der Waals surface area contributed by atoms with Gasteiger partial charge in [-0.05, 0) is 52.6 Å². The van der Waals surface area contributed by atoms with Gasteiger partial charge in [0.25, 0.3) is 11.8 Å². The van der Waals surface area contributed by atoms with Crippen LogP contribution in [-0.4, -0.2) is 17.7 Å². The molecule has 6 nitrogen and oxygen atoms in total. The summed E-state index contributed by atoms with van der Waals surface area (Å²) in [5.41, 5.74) is 6.64. The molecule has 158 valence electrons. The summed E-state index contributed by atoms with van der Waals surface area (Å²) in [4.78, 5) is 36.1. The Hall–Kier alpha value is -3.93. The van der Waals surface area contributed by atoms with Crippen molar-refractivity contribution < 1.29 is 14.4 Å². The van der Waals surface area contributed by atoms with E-state index in [0.717, 1.165) is 16.3 Å². The number of rotatable bonds is 6. The Kier molecular flexibility index (Phi) is 7.17. The molecule has 31 heavy (non-hydrogen) atoms. The Balaban J connectivity index is 1.53. The summed E-state index contributed by atoms with van der Waals surface area (Å²) < 4.78 is 0. The lowest BCUT2D eigenvalue weighted by atomic mass is 10.0. The Labute approximate surface area is 181 Å². The minimum atomic E-state index is -0.452. The number of hydrogen-bond acceptors (Lipinski definition) is 3. The van der Waals surface area contributed by atoms with Crippen LogP contribution in [0.4, 0.5) is 5.69 Å². The molecule has 0 aliphatic heterocycles. The van der Waals surface area contributed by atoms with Crippen molar-refractivity contribution in [1.82, 2.24) is 10.9 Å². The van der Waals surface area contributed by atoms with E-state index < -0.39 is 11.8 Å². The number of anilines is 1. The number of amides is 3. The molecular formula is C25H25N3O3. The van der Waals surface area contributed by atoms with Gasteiger partial charge < -0.3 is 5.32 Å². The van der Waals surface area contributed by atoms with E-state index in [0.29, 0.717) is 17.7 Å². The van der Waals surface area contributed by atoms with Crippen molar-refractivity contribution in [2.45, 2.75) is 20.3 Å². The molecule has 3 aromatic rings. The zero-order valence-corrected chi connectivity index (χ0v) is 17.5. The number of fused-ring (bicyclic) bond motifs is 1. The van der Waals surface area contributed by atoms with E-state index in [-0.39, 0.29) is 11.8 Å². The van der Waals surface area contributed by atoms with Crippen molar-refractivity contribution in [2.75, 3.05) is 5.32 Å². The molecule has 0 fully saturated rings. The highest BCUT2D eigenvalue weighted by Gasteiger charge is 2.08. The van der Waals surface area contributed by atoms with E-state index in [2.05, 4.69) is 16.2 Å². The number of hydrazine groups is 1. The topological polar surface area (TPSA) is 87.3 Å². The van der Waals surface area contributed by atoms with Crippen LogP contribution in [0.2, 0.25) is 0 Å². The third-order valence-electron chi connectivity index (χ3n) is 4.56. The van der Waals surface area contributed by atoms with Crippen LogP contribution in [0.15, 0.2) is 72.8 Å². The zero-order chi connectivity index (χ0) is 22.2. The van der Waals surface area contributed by atoms with Gasteiger partial charge in [-0.15, -0.1) is 0 Å². The average Bonchev–Trinajstić information content (AvgIpc) is 2.76. The summed E-state index contributed by atoms with van der Waals surface area (Å²) in [5, 5.41) is 4.91. The van der Waals surface area contributed by atoms with Gasteiger partial charge in [-0.25, -0.2) is 0 Å². The number of benzene rings is 3. The highest BCUT2D eigenvalue weighted by atomic mass is 16.2. The van der Waals surface area contributed by atoms with E-state index in [4.69, 9.17) is 0 Å². The molecule has 3 rings (SSSR count). The second-order valence-electron chi connectivity index (χ2n) is 7.57. The minimum absolute atomic E-state index is 0.0718. The fraction of sp³-hybridized carbons (Fsp3) is 0.160. The van der Waals surface area contributed by atoms with Crippen LogP contribution in [0.5, 0.6) is 0 Å². The van der Waals surface area contributed by atoms with Crippen LogP contribution in [0, 0.1) is 5.92 Å². The van der Waals surface area contributed by atoms with E-state index >= 15 is 0 Å². The first-order chi connectivity index (χ1) is 14.9. The number of carbonyl (C=O) groups excluding carboxylic acids is 3. The summed E-state index contributed by atoms with van der Waals surface area (Å²) in [6.45, 7) is 3.94. The van der Waals surface area contributed by atoms with Crippen LogP contribution < -0.4 is 16.2 Å². The predicted molar refractivity (Wildman–Crippen MR) is 123 cm³/mol. The molecule has 3 N–H and O–H groups in total. The average molecular weight is 415 g/mol. The second kappa shape index (κ2) is 10.2.